The summed E-state index contributed by atoms with van der Waals surface area (Å²) in [4.78, 5) is 8.25. The Balaban J connectivity index is 1.26. The van der Waals surface area contributed by atoms with E-state index in [2.05, 4.69) is 272 Å². The second-order valence-corrected chi connectivity index (χ2v) is 30.2. The minimum absolute atomic E-state index is 0.000680. The predicted molar refractivity (Wildman–Crippen MR) is 338 cm³/mol. The molecule has 8 aromatic rings. The van der Waals surface area contributed by atoms with Crippen LogP contribution in [0.5, 0.6) is 0 Å². The average Bonchev–Trinajstić information content (AvgIpc) is 4.10. The first kappa shape index (κ1) is 51.7. The van der Waals surface area contributed by atoms with Crippen LogP contribution in [0.3, 0.4) is 0 Å². The second-order valence-electron chi connectivity index (χ2n) is 29.1. The summed E-state index contributed by atoms with van der Waals surface area (Å²) in [5.41, 5.74) is 23.6. The van der Waals surface area contributed by atoms with Crippen LogP contribution < -0.4 is 30.4 Å². The van der Waals surface area contributed by atoms with Gasteiger partial charge in [-0.25, -0.2) is 0 Å². The number of anilines is 8. The van der Waals surface area contributed by atoms with Crippen LogP contribution in [-0.4, -0.2) is 12.3 Å². The topological polar surface area (TPSA) is 9.72 Å². The quantitative estimate of drug-likeness (QED) is 0.159. The molecule has 5 heteroatoms. The van der Waals surface area contributed by atoms with Crippen molar-refractivity contribution in [3.63, 3.8) is 0 Å². The fourth-order valence-electron chi connectivity index (χ4n) is 13.8. The van der Waals surface area contributed by atoms with Crippen LogP contribution >= 0.6 is 11.3 Å². The van der Waals surface area contributed by atoms with Crippen LogP contribution in [0.2, 0.25) is 0 Å². The number of rotatable bonds is 5. The molecule has 1 fully saturated rings. The van der Waals surface area contributed by atoms with Crippen LogP contribution in [0.25, 0.3) is 21.2 Å². The molecule has 3 nitrogen and oxygen atoms in total. The number of fused-ring (bicyclic) bond motifs is 9. The van der Waals surface area contributed by atoms with Crippen molar-refractivity contribution >= 4 is 89.3 Å². The molecule has 3 aliphatic heterocycles. The average molecular weight is 1030 g/mol. The summed E-state index contributed by atoms with van der Waals surface area (Å²) < 4.78 is 2.80. The minimum atomic E-state index is -0.153. The third-order valence-electron chi connectivity index (χ3n) is 18.8. The third-order valence-corrected chi connectivity index (χ3v) is 20.0. The molecule has 0 radical (unpaired) electrons. The summed E-state index contributed by atoms with van der Waals surface area (Å²) in [5.74, 6) is 0. The van der Waals surface area contributed by atoms with Gasteiger partial charge in [-0.05, 0) is 151 Å². The first-order valence-corrected chi connectivity index (χ1v) is 29.6. The van der Waals surface area contributed by atoms with Crippen molar-refractivity contribution in [2.45, 2.75) is 181 Å². The van der Waals surface area contributed by atoms with Gasteiger partial charge in [-0.15, -0.1) is 11.3 Å². The van der Waals surface area contributed by atoms with E-state index in [9.17, 15) is 0 Å². The first-order valence-electron chi connectivity index (χ1n) is 28.8. The van der Waals surface area contributed by atoms with Crippen molar-refractivity contribution < 1.29 is 0 Å². The Kier molecular flexibility index (Phi) is 11.6. The van der Waals surface area contributed by atoms with Crippen LogP contribution in [0.4, 0.5) is 45.5 Å². The van der Waals surface area contributed by atoms with E-state index >= 15 is 0 Å². The molecular weight excluding hydrogens is 950 g/mol. The smallest absolute Gasteiger partial charge is 0.264 e. The van der Waals surface area contributed by atoms with Crippen molar-refractivity contribution in [1.82, 2.24) is 0 Å². The first-order chi connectivity index (χ1) is 36.1. The molecule has 0 N–H and O–H groups in total. The van der Waals surface area contributed by atoms with E-state index in [1.807, 2.05) is 11.3 Å². The summed E-state index contributed by atoms with van der Waals surface area (Å²) >= 11 is 2.04. The lowest BCUT2D eigenvalue weighted by molar-refractivity contribution is 0.195. The highest BCUT2D eigenvalue weighted by molar-refractivity contribution is 7.33. The summed E-state index contributed by atoms with van der Waals surface area (Å²) in [6.07, 6.45) is 4.78. The van der Waals surface area contributed by atoms with E-state index < -0.39 is 0 Å². The Morgan fingerprint density at radius 1 is 0.481 bits per heavy atom. The molecule has 4 heterocycles. The van der Waals surface area contributed by atoms with E-state index in [0.717, 1.165) is 17.8 Å². The Bertz CT molecular complexity index is 3580. The Morgan fingerprint density at radius 3 is 1.60 bits per heavy atom. The molecule has 1 aliphatic carbocycles. The number of benzene rings is 7. The van der Waals surface area contributed by atoms with Gasteiger partial charge in [-0.1, -0.05) is 209 Å². The van der Waals surface area contributed by atoms with Crippen LogP contribution in [0.1, 0.15) is 177 Å². The van der Waals surface area contributed by atoms with Crippen molar-refractivity contribution in [1.29, 1.82) is 0 Å². The molecule has 0 bridgehead atoms. The maximum atomic E-state index is 2.93. The highest BCUT2D eigenvalue weighted by Crippen LogP contribution is 2.63. The Hall–Kier alpha value is -6.04. The lowest BCUT2D eigenvalue weighted by atomic mass is 9.36. The van der Waals surface area contributed by atoms with E-state index in [1.54, 1.807) is 5.56 Å². The molecule has 12 rings (SSSR count). The Labute approximate surface area is 466 Å². The molecule has 0 amide bonds. The molecule has 4 aliphatic rings. The van der Waals surface area contributed by atoms with E-state index in [1.165, 1.54) is 118 Å². The van der Waals surface area contributed by atoms with Crippen LogP contribution in [-0.2, 0) is 32.5 Å². The van der Waals surface area contributed by atoms with Crippen LogP contribution in [0, 0.1) is 0 Å². The van der Waals surface area contributed by atoms with Crippen molar-refractivity contribution in [2.75, 3.05) is 14.7 Å². The van der Waals surface area contributed by atoms with Gasteiger partial charge in [0.1, 0.15) is 0 Å². The molecule has 0 spiro atoms. The predicted octanol–water partition coefficient (Wildman–Crippen LogP) is 18.9. The lowest BCUT2D eigenvalue weighted by Gasteiger charge is -2.52. The zero-order chi connectivity index (χ0) is 54.7. The maximum absolute atomic E-state index is 2.93. The summed E-state index contributed by atoms with van der Waals surface area (Å²) in [7, 11) is 0. The van der Waals surface area contributed by atoms with Gasteiger partial charge in [-0.3, -0.25) is 0 Å². The highest BCUT2D eigenvalue weighted by Gasteiger charge is 2.62. The SMILES string of the molecule is CC(C)(C)c1ccc(N(c2ccc(C(C)(C)C)cc2)c2cc3c4c(c2)N2c5c(cc(C(C)(C)C)cc5C5(C)CCCCC25C)B4c2sc4cc(C(C)(C)C)ccc4c2N3c2ccc(C(C)(C)C)cc2-c2ccccc2)cc1. The molecule has 77 heavy (non-hydrogen) atoms. The van der Waals surface area contributed by atoms with Gasteiger partial charge in [0.2, 0.25) is 0 Å². The third kappa shape index (κ3) is 8.08. The summed E-state index contributed by atoms with van der Waals surface area (Å²) in [6.45, 7) is 40.6. The molecule has 1 aromatic heterocycles. The highest BCUT2D eigenvalue weighted by atomic mass is 32.1. The fraction of sp³-hybridized carbons (Fsp3) is 0.389. The van der Waals surface area contributed by atoms with E-state index in [4.69, 9.17) is 0 Å². The largest absolute Gasteiger partial charge is 0.335 e. The number of thiophene rings is 1. The monoisotopic (exact) mass is 1030 g/mol. The molecule has 1 saturated carbocycles. The van der Waals surface area contributed by atoms with Gasteiger partial charge >= 0.3 is 0 Å². The van der Waals surface area contributed by atoms with E-state index in [-0.39, 0.29) is 44.7 Å². The molecule has 0 saturated heterocycles. The van der Waals surface area contributed by atoms with Crippen molar-refractivity contribution in [3.05, 3.63) is 173 Å². The molecule has 394 valence electrons. The van der Waals surface area contributed by atoms with E-state index in [0.29, 0.717) is 0 Å². The standard InChI is InChI=1S/C72H82BN3S/c1-66(2,3)46-25-31-51(32-26-46)74(52-33-27-47(28-34-52)67(4,5)6)53-43-59-62-60(44-53)76-64-56(71(16)37-21-22-38-72(71,76)17)40-50(70(13,14)15)41-57(64)73(62)65-63(54-35-29-49(69(10,11)12)42-61(54)77-65)75(59)58-36-30-48(68(7,8)9)39-55(58)45-23-19-18-20-24-45/h18-20,23-36,39-44H,21-22,37-38H2,1-17H3. The molecular formula is C72H82BN3S. The summed E-state index contributed by atoms with van der Waals surface area (Å²) in [5, 5.41) is 1.32. The lowest BCUT2D eigenvalue weighted by Crippen LogP contribution is -2.64. The van der Waals surface area contributed by atoms with Crippen LogP contribution in [0.15, 0.2) is 140 Å². The van der Waals surface area contributed by atoms with Gasteiger partial charge in [0.25, 0.3) is 6.71 Å². The second kappa shape index (κ2) is 17.2. The number of hydrogen-bond acceptors (Lipinski definition) is 4. The zero-order valence-electron chi connectivity index (χ0n) is 49.4. The normalized spacial score (nSPS) is 19.1. The molecule has 7 aromatic carbocycles. The fourth-order valence-corrected chi connectivity index (χ4v) is 15.2. The van der Waals surface area contributed by atoms with Crippen molar-refractivity contribution in [3.8, 4) is 11.1 Å². The molecule has 2 atom stereocenters. The minimum Gasteiger partial charge on any atom is -0.335 e. The van der Waals surface area contributed by atoms with Crippen molar-refractivity contribution in [2.24, 2.45) is 0 Å². The van der Waals surface area contributed by atoms with Gasteiger partial charge in [0, 0.05) is 54.3 Å². The van der Waals surface area contributed by atoms with Gasteiger partial charge < -0.3 is 14.7 Å². The summed E-state index contributed by atoms with van der Waals surface area (Å²) in [6, 6.07) is 55.5. The number of nitrogens with zero attached hydrogens (tertiary/aromatic N) is 3. The molecule has 2 unspecified atom stereocenters. The number of hydrogen-bond donors (Lipinski definition) is 0. The van der Waals surface area contributed by atoms with Gasteiger partial charge in [0.15, 0.2) is 0 Å². The maximum Gasteiger partial charge on any atom is 0.264 e. The van der Waals surface area contributed by atoms with Gasteiger partial charge in [-0.2, -0.15) is 0 Å². The zero-order valence-corrected chi connectivity index (χ0v) is 50.3. The van der Waals surface area contributed by atoms with Gasteiger partial charge in [0.05, 0.1) is 22.6 Å². The Morgan fingerprint density at radius 2 is 1.01 bits per heavy atom.